The molecular formula is C33H36F5N3O3S. The van der Waals surface area contributed by atoms with Crippen molar-refractivity contribution < 1.29 is 35.5 Å². The Balaban J connectivity index is 1.29. The largest absolute Gasteiger partial charge is 0.333 e. The van der Waals surface area contributed by atoms with Crippen molar-refractivity contribution in [2.45, 2.75) is 93.3 Å². The first-order valence-corrected chi connectivity index (χ1v) is 16.9. The second kappa shape index (κ2) is 11.6. The van der Waals surface area contributed by atoms with Crippen molar-refractivity contribution in [1.29, 1.82) is 0 Å². The molecule has 0 N–H and O–H groups in total. The van der Waals surface area contributed by atoms with E-state index in [1.54, 1.807) is 47.6 Å². The smallest absolute Gasteiger partial charge is 0.322 e. The van der Waals surface area contributed by atoms with E-state index < -0.39 is 45.7 Å². The minimum absolute atomic E-state index is 0.0738. The fraction of sp³-hybridized carbons (Fsp3) is 0.545. The van der Waals surface area contributed by atoms with Crippen molar-refractivity contribution in [1.82, 2.24) is 10.1 Å². The quantitative estimate of drug-likeness (QED) is 0.230. The normalized spacial score (nSPS) is 25.7. The van der Waals surface area contributed by atoms with Crippen molar-refractivity contribution in [2.24, 2.45) is 11.3 Å². The number of carbonyl (C=O) groups is 1. The van der Waals surface area contributed by atoms with Gasteiger partial charge in [0.05, 0.1) is 0 Å². The highest BCUT2D eigenvalue weighted by Gasteiger charge is 2.53. The van der Waals surface area contributed by atoms with Crippen molar-refractivity contribution in [3.63, 3.8) is 0 Å². The summed E-state index contributed by atoms with van der Waals surface area (Å²) in [5.41, 5.74) is 0.554. The highest BCUT2D eigenvalue weighted by molar-refractivity contribution is 7.84. The van der Waals surface area contributed by atoms with Crippen LogP contribution in [0.3, 0.4) is 0 Å². The van der Waals surface area contributed by atoms with E-state index in [4.69, 9.17) is 4.52 Å². The minimum Gasteiger partial charge on any atom is -0.333 e. The average Bonchev–Trinajstić information content (AvgIpc) is 3.54. The number of anilines is 1. The molecule has 4 saturated carbocycles. The molecule has 4 aliphatic carbocycles. The summed E-state index contributed by atoms with van der Waals surface area (Å²) >= 11 is 0. The van der Waals surface area contributed by atoms with Crippen LogP contribution >= 0.6 is 0 Å². The van der Waals surface area contributed by atoms with Crippen LogP contribution in [0.15, 0.2) is 51.9 Å². The number of hydrogen-bond acceptors (Lipinski definition) is 5. The van der Waals surface area contributed by atoms with Gasteiger partial charge in [0.25, 0.3) is 5.89 Å². The van der Waals surface area contributed by atoms with Gasteiger partial charge >= 0.3 is 5.92 Å². The zero-order chi connectivity index (χ0) is 32.2. The number of aromatic nitrogens is 2. The van der Waals surface area contributed by atoms with E-state index in [0.717, 1.165) is 6.92 Å². The molecule has 6 nitrogen and oxygen atoms in total. The van der Waals surface area contributed by atoms with E-state index in [0.29, 0.717) is 67.0 Å². The van der Waals surface area contributed by atoms with Gasteiger partial charge in [-0.25, -0.2) is 13.2 Å². The average molecular weight is 650 g/mol. The Morgan fingerprint density at radius 2 is 1.62 bits per heavy atom. The van der Waals surface area contributed by atoms with Crippen molar-refractivity contribution in [2.75, 3.05) is 17.7 Å². The van der Waals surface area contributed by atoms with E-state index in [1.165, 1.54) is 6.07 Å². The maximum Gasteiger partial charge on any atom is 0.322 e. The van der Waals surface area contributed by atoms with Crippen LogP contribution in [-0.4, -0.2) is 39.0 Å². The molecule has 4 aliphatic rings. The number of halogens is 5. The summed E-state index contributed by atoms with van der Waals surface area (Å²) in [6, 6.07) is 11.2. The lowest BCUT2D eigenvalue weighted by Crippen LogP contribution is -2.52. The second-order valence-electron chi connectivity index (χ2n) is 13.3. The maximum absolute atomic E-state index is 15.2. The van der Waals surface area contributed by atoms with Crippen LogP contribution in [0.25, 0.3) is 11.1 Å². The summed E-state index contributed by atoms with van der Waals surface area (Å²) in [5.74, 6) is -7.73. The van der Waals surface area contributed by atoms with E-state index in [2.05, 4.69) is 10.1 Å². The fourth-order valence-electron chi connectivity index (χ4n) is 7.32. The van der Waals surface area contributed by atoms with Gasteiger partial charge in [-0.15, -0.1) is 0 Å². The molecule has 0 aliphatic heterocycles. The number of amides is 1. The number of nitrogens with zero attached hydrogens (tertiary/aromatic N) is 3. The van der Waals surface area contributed by atoms with Gasteiger partial charge in [0.15, 0.2) is 5.82 Å². The van der Waals surface area contributed by atoms with Gasteiger partial charge in [0.1, 0.15) is 5.82 Å². The molecule has 12 heteroatoms. The van der Waals surface area contributed by atoms with Gasteiger partial charge in [-0.05, 0) is 92.7 Å². The summed E-state index contributed by atoms with van der Waals surface area (Å²) in [6.45, 7) is 1.05. The van der Waals surface area contributed by atoms with E-state index >= 15 is 4.39 Å². The molecule has 7 rings (SSSR count). The predicted octanol–water partition coefficient (Wildman–Crippen LogP) is 8.18. The Morgan fingerprint density at radius 1 is 1.00 bits per heavy atom. The summed E-state index contributed by atoms with van der Waals surface area (Å²) in [7, 11) is -1.20. The minimum atomic E-state index is -3.23. The van der Waals surface area contributed by atoms with Crippen LogP contribution in [0, 0.1) is 17.2 Å². The van der Waals surface area contributed by atoms with Crippen LogP contribution in [0.4, 0.5) is 27.6 Å². The first-order chi connectivity index (χ1) is 21.2. The molecule has 0 spiro atoms. The molecule has 4 fully saturated rings. The van der Waals surface area contributed by atoms with Gasteiger partial charge in [-0.3, -0.25) is 9.00 Å². The lowest BCUT2D eigenvalue weighted by Gasteiger charge is -2.53. The number of fused-ring (bicyclic) bond motifs is 3. The van der Waals surface area contributed by atoms with Gasteiger partial charge < -0.3 is 9.42 Å². The molecule has 0 radical (unpaired) electrons. The molecule has 1 unspecified atom stereocenters. The SMILES string of the molecule is CS(=O)c1ccc(-c2cc(N(CC34CCC(c5noc(C(C)(F)F)n5)(CC3)CC4)C(=O)C3CCC(F)(F)CC3)ccc2F)cc1. The monoisotopic (exact) mass is 649 g/mol. The third kappa shape index (κ3) is 6.31. The summed E-state index contributed by atoms with van der Waals surface area (Å²) in [4.78, 5) is 20.5. The first-order valence-electron chi connectivity index (χ1n) is 15.3. The Hall–Kier alpha value is -3.15. The zero-order valence-corrected chi connectivity index (χ0v) is 26.1. The maximum atomic E-state index is 15.2. The molecule has 1 heterocycles. The second-order valence-corrected chi connectivity index (χ2v) is 14.7. The van der Waals surface area contributed by atoms with Gasteiger partial charge in [-0.2, -0.15) is 13.8 Å². The third-order valence-corrected chi connectivity index (χ3v) is 11.2. The molecule has 3 aromatic rings. The predicted molar refractivity (Wildman–Crippen MR) is 159 cm³/mol. The van der Waals surface area contributed by atoms with Crippen LogP contribution in [0.2, 0.25) is 0 Å². The fourth-order valence-corrected chi connectivity index (χ4v) is 7.84. The highest BCUT2D eigenvalue weighted by Crippen LogP contribution is 2.58. The lowest BCUT2D eigenvalue weighted by atomic mass is 9.53. The first kappa shape index (κ1) is 31.8. The van der Waals surface area contributed by atoms with Crippen LogP contribution in [0.1, 0.15) is 82.8 Å². The van der Waals surface area contributed by atoms with Crippen molar-refractivity contribution in [3.8, 4) is 11.1 Å². The number of rotatable bonds is 8. The number of alkyl halides is 4. The molecule has 0 saturated heterocycles. The number of hydrogen-bond donors (Lipinski definition) is 0. The number of benzene rings is 2. The topological polar surface area (TPSA) is 76.3 Å². The van der Waals surface area contributed by atoms with Gasteiger partial charge in [0, 0.05) is 70.8 Å². The third-order valence-electron chi connectivity index (χ3n) is 10.3. The summed E-state index contributed by atoms with van der Waals surface area (Å²) < 4.78 is 87.6. The Morgan fingerprint density at radius 3 is 2.18 bits per heavy atom. The molecule has 2 aromatic carbocycles. The lowest BCUT2D eigenvalue weighted by molar-refractivity contribution is -0.127. The Kier molecular flexibility index (Phi) is 8.19. The summed E-state index contributed by atoms with van der Waals surface area (Å²) in [5, 5.41) is 3.92. The highest BCUT2D eigenvalue weighted by atomic mass is 32.2. The molecule has 1 atom stereocenters. The number of carbonyl (C=O) groups excluding carboxylic acids is 1. The van der Waals surface area contributed by atoms with Crippen LogP contribution in [0.5, 0.6) is 0 Å². The van der Waals surface area contributed by atoms with Crippen LogP contribution in [-0.2, 0) is 26.9 Å². The molecule has 45 heavy (non-hydrogen) atoms. The molecule has 242 valence electrons. The van der Waals surface area contributed by atoms with Crippen molar-refractivity contribution in [3.05, 3.63) is 60.0 Å². The van der Waals surface area contributed by atoms with Crippen LogP contribution < -0.4 is 4.90 Å². The zero-order valence-electron chi connectivity index (χ0n) is 25.3. The van der Waals surface area contributed by atoms with E-state index in [-0.39, 0.29) is 42.6 Å². The molecule has 1 aromatic heterocycles. The summed E-state index contributed by atoms with van der Waals surface area (Å²) in [6.07, 6.45) is 4.98. The van der Waals surface area contributed by atoms with Gasteiger partial charge in [0.2, 0.25) is 11.8 Å². The van der Waals surface area contributed by atoms with E-state index in [9.17, 15) is 26.6 Å². The van der Waals surface area contributed by atoms with Crippen molar-refractivity contribution >= 4 is 22.4 Å². The Bertz CT molecular complexity index is 1570. The Labute approximate surface area is 261 Å². The van der Waals surface area contributed by atoms with Gasteiger partial charge in [-0.1, -0.05) is 17.3 Å². The molecular weight excluding hydrogens is 613 g/mol. The molecule has 1 amide bonds. The standard InChI is InChI=1S/C33H36F5N3O3S/c1-30(35,36)29-39-28(40-44-29)32-16-13-31(14-17-32,15-18-32)20-41(27(42)22-9-11-33(37,38)12-10-22)23-5-8-26(34)25(19-23)21-3-6-24(7-4-21)45(2)43/h3-8,19,22H,9-18,20H2,1-2H3. The van der Waals surface area contributed by atoms with E-state index in [1.807, 2.05) is 0 Å². The molecule has 2 bridgehead atoms.